The van der Waals surface area contributed by atoms with E-state index >= 15 is 0 Å². The maximum Gasteiger partial charge on any atom is 0.147 e. The number of nitrogens with one attached hydrogen (secondary N) is 1. The maximum absolute atomic E-state index is 5.26. The fourth-order valence-electron chi connectivity index (χ4n) is 1.35. The summed E-state index contributed by atoms with van der Waals surface area (Å²) in [5.74, 6) is 0.840. The van der Waals surface area contributed by atoms with Crippen LogP contribution in [0.1, 0.15) is 25.8 Å². The van der Waals surface area contributed by atoms with E-state index in [-0.39, 0.29) is 0 Å². The fraction of sp³-hybridized carbons (Fsp3) is 0.500. The van der Waals surface area contributed by atoms with Crippen molar-refractivity contribution in [1.29, 1.82) is 0 Å². The van der Waals surface area contributed by atoms with E-state index in [1.807, 2.05) is 0 Å². The van der Waals surface area contributed by atoms with E-state index in [1.54, 1.807) is 7.11 Å². The fourth-order valence-corrected chi connectivity index (χ4v) is 2.95. The maximum atomic E-state index is 5.26. The van der Waals surface area contributed by atoms with Crippen molar-refractivity contribution in [2.75, 3.05) is 7.11 Å². The molecule has 0 spiro atoms. The first-order chi connectivity index (χ1) is 7.58. The lowest BCUT2D eigenvalue weighted by atomic mass is 10.2. The number of rotatable bonds is 5. The second kappa shape index (κ2) is 6.62. The number of ether oxygens (including phenoxy) is 1. The van der Waals surface area contributed by atoms with Crippen molar-refractivity contribution in [2.45, 2.75) is 32.9 Å². The molecule has 2 nitrogen and oxygen atoms in total. The topological polar surface area (TPSA) is 21.3 Å². The highest BCUT2D eigenvalue weighted by molar-refractivity contribution is 9.11. The van der Waals surface area contributed by atoms with Gasteiger partial charge in [0.2, 0.25) is 0 Å². The lowest BCUT2D eigenvalue weighted by molar-refractivity contribution is 0.409. The van der Waals surface area contributed by atoms with Crippen molar-refractivity contribution in [3.63, 3.8) is 0 Å². The van der Waals surface area contributed by atoms with Crippen LogP contribution in [-0.4, -0.2) is 13.2 Å². The molecule has 0 aliphatic carbocycles. The highest BCUT2D eigenvalue weighted by Gasteiger charge is 2.08. The summed E-state index contributed by atoms with van der Waals surface area (Å²) >= 11 is 7.00. The van der Waals surface area contributed by atoms with Gasteiger partial charge in [0.25, 0.3) is 0 Å². The number of halogens is 2. The minimum atomic E-state index is 0.541. The van der Waals surface area contributed by atoms with Gasteiger partial charge in [-0.1, -0.05) is 6.92 Å². The van der Waals surface area contributed by atoms with Crippen LogP contribution in [0.4, 0.5) is 0 Å². The summed E-state index contributed by atoms with van der Waals surface area (Å²) in [7, 11) is 1.67. The molecule has 1 atom stereocenters. The second-order valence-corrected chi connectivity index (χ2v) is 5.49. The molecule has 1 aromatic carbocycles. The Kier molecular flexibility index (Phi) is 5.79. The minimum absolute atomic E-state index is 0.541. The smallest absolute Gasteiger partial charge is 0.147 e. The SMILES string of the molecule is CC[C@H](C)NCc1cc(Br)c(OC)c(Br)c1. The first kappa shape index (κ1) is 14.0. The highest BCUT2D eigenvalue weighted by atomic mass is 79.9. The minimum Gasteiger partial charge on any atom is -0.494 e. The van der Waals surface area contributed by atoms with Gasteiger partial charge in [-0.05, 0) is 62.9 Å². The Balaban J connectivity index is 2.76. The van der Waals surface area contributed by atoms with Crippen molar-refractivity contribution in [3.8, 4) is 5.75 Å². The van der Waals surface area contributed by atoms with Crippen LogP contribution in [0.15, 0.2) is 21.1 Å². The molecule has 0 saturated carbocycles. The average Bonchev–Trinajstić information content (AvgIpc) is 2.25. The zero-order chi connectivity index (χ0) is 12.1. The molecule has 0 aromatic heterocycles. The van der Waals surface area contributed by atoms with E-state index in [4.69, 9.17) is 4.74 Å². The molecule has 4 heteroatoms. The van der Waals surface area contributed by atoms with Crippen molar-refractivity contribution in [1.82, 2.24) is 5.32 Å². The van der Waals surface area contributed by atoms with Crippen LogP contribution >= 0.6 is 31.9 Å². The van der Waals surface area contributed by atoms with Crippen molar-refractivity contribution < 1.29 is 4.74 Å². The van der Waals surface area contributed by atoms with Gasteiger partial charge in [0.1, 0.15) is 5.75 Å². The van der Waals surface area contributed by atoms with E-state index < -0.39 is 0 Å². The summed E-state index contributed by atoms with van der Waals surface area (Å²) in [5, 5.41) is 3.46. The first-order valence-corrected chi connectivity index (χ1v) is 6.92. The Morgan fingerprint density at radius 3 is 2.31 bits per heavy atom. The lowest BCUT2D eigenvalue weighted by Crippen LogP contribution is -2.24. The molecule has 0 fully saturated rings. The molecule has 0 amide bonds. The van der Waals surface area contributed by atoms with E-state index in [1.165, 1.54) is 5.56 Å². The number of hydrogen-bond donors (Lipinski definition) is 1. The zero-order valence-corrected chi connectivity index (χ0v) is 13.0. The standard InChI is InChI=1S/C12H17Br2NO/c1-4-8(2)15-7-9-5-10(13)12(16-3)11(14)6-9/h5-6,8,15H,4,7H2,1-3H3/t8-/m0/s1. The molecule has 0 aliphatic heterocycles. The van der Waals surface area contributed by atoms with Gasteiger partial charge in [-0.15, -0.1) is 0 Å². The Bertz CT molecular complexity index is 332. The van der Waals surface area contributed by atoms with Crippen LogP contribution in [0.3, 0.4) is 0 Å². The first-order valence-electron chi connectivity index (χ1n) is 5.33. The zero-order valence-electron chi connectivity index (χ0n) is 9.81. The molecule has 16 heavy (non-hydrogen) atoms. The predicted octanol–water partition coefficient (Wildman–Crippen LogP) is 4.11. The van der Waals surface area contributed by atoms with Crippen LogP contribution in [0.5, 0.6) is 5.75 Å². The van der Waals surface area contributed by atoms with Crippen molar-refractivity contribution in [2.24, 2.45) is 0 Å². The molecule has 1 N–H and O–H groups in total. The van der Waals surface area contributed by atoms with E-state index in [0.717, 1.165) is 27.7 Å². The molecular formula is C12H17Br2NO. The second-order valence-electron chi connectivity index (χ2n) is 3.78. The Hall–Kier alpha value is -0.0600. The van der Waals surface area contributed by atoms with Gasteiger partial charge in [-0.3, -0.25) is 0 Å². The summed E-state index contributed by atoms with van der Waals surface area (Å²) in [4.78, 5) is 0. The summed E-state index contributed by atoms with van der Waals surface area (Å²) in [6, 6.07) is 4.71. The van der Waals surface area contributed by atoms with Gasteiger partial charge in [0, 0.05) is 12.6 Å². The monoisotopic (exact) mass is 349 g/mol. The largest absolute Gasteiger partial charge is 0.494 e. The third-order valence-corrected chi connectivity index (χ3v) is 3.71. The highest BCUT2D eigenvalue weighted by Crippen LogP contribution is 2.34. The quantitative estimate of drug-likeness (QED) is 0.862. The average molecular weight is 351 g/mol. The third-order valence-electron chi connectivity index (χ3n) is 2.53. The van der Waals surface area contributed by atoms with Gasteiger partial charge >= 0.3 is 0 Å². The van der Waals surface area contributed by atoms with Crippen LogP contribution in [0.25, 0.3) is 0 Å². The van der Waals surface area contributed by atoms with Crippen LogP contribution < -0.4 is 10.1 Å². The molecule has 0 bridgehead atoms. The molecule has 90 valence electrons. The molecule has 0 radical (unpaired) electrons. The van der Waals surface area contributed by atoms with Crippen LogP contribution in [-0.2, 0) is 6.54 Å². The van der Waals surface area contributed by atoms with Gasteiger partial charge in [0.05, 0.1) is 16.1 Å². The summed E-state index contributed by atoms with van der Waals surface area (Å²) in [6.45, 7) is 5.24. The number of benzene rings is 1. The molecule has 0 unspecified atom stereocenters. The normalized spacial score (nSPS) is 12.6. The molecule has 0 aliphatic rings. The Morgan fingerprint density at radius 2 is 1.88 bits per heavy atom. The molecule has 1 aromatic rings. The van der Waals surface area contributed by atoms with E-state index in [2.05, 4.69) is 63.2 Å². The van der Waals surface area contributed by atoms with Crippen LogP contribution in [0, 0.1) is 0 Å². The van der Waals surface area contributed by atoms with Crippen molar-refractivity contribution >= 4 is 31.9 Å². The summed E-state index contributed by atoms with van der Waals surface area (Å²) < 4.78 is 7.22. The third kappa shape index (κ3) is 3.75. The number of methoxy groups -OCH3 is 1. The van der Waals surface area contributed by atoms with Crippen LogP contribution in [0.2, 0.25) is 0 Å². The predicted molar refractivity (Wildman–Crippen MR) is 75.0 cm³/mol. The van der Waals surface area contributed by atoms with Gasteiger partial charge < -0.3 is 10.1 Å². The van der Waals surface area contributed by atoms with Gasteiger partial charge in [-0.25, -0.2) is 0 Å². The number of hydrogen-bond acceptors (Lipinski definition) is 2. The van der Waals surface area contributed by atoms with Gasteiger partial charge in [-0.2, -0.15) is 0 Å². The Labute approximate surface area is 114 Å². The Morgan fingerprint density at radius 1 is 1.31 bits per heavy atom. The van der Waals surface area contributed by atoms with Crippen molar-refractivity contribution in [3.05, 3.63) is 26.6 Å². The lowest BCUT2D eigenvalue weighted by Gasteiger charge is -2.13. The summed E-state index contributed by atoms with van der Waals surface area (Å²) in [6.07, 6.45) is 1.14. The van der Waals surface area contributed by atoms with Gasteiger partial charge in [0.15, 0.2) is 0 Å². The van der Waals surface area contributed by atoms with E-state index in [0.29, 0.717) is 6.04 Å². The summed E-state index contributed by atoms with van der Waals surface area (Å²) in [5.41, 5.74) is 1.24. The molecular weight excluding hydrogens is 334 g/mol. The molecule has 1 rings (SSSR count). The molecule has 0 saturated heterocycles. The van der Waals surface area contributed by atoms with E-state index in [9.17, 15) is 0 Å². The molecule has 0 heterocycles.